The zero-order valence-corrected chi connectivity index (χ0v) is 17.1. The Morgan fingerprint density at radius 3 is 2.80 bits per heavy atom. The summed E-state index contributed by atoms with van der Waals surface area (Å²) in [6.07, 6.45) is 3.33. The number of aromatic nitrogens is 2. The number of rotatable bonds is 3. The fourth-order valence-corrected chi connectivity index (χ4v) is 3.63. The molecule has 0 bridgehead atoms. The van der Waals surface area contributed by atoms with Crippen LogP contribution in [0.4, 0.5) is 15.8 Å². The van der Waals surface area contributed by atoms with Crippen LogP contribution in [-0.2, 0) is 9.59 Å². The third-order valence-electron chi connectivity index (χ3n) is 4.99. The highest BCUT2D eigenvalue weighted by Crippen LogP contribution is 2.39. The van der Waals surface area contributed by atoms with Crippen LogP contribution in [0.5, 0.6) is 0 Å². The average molecular weight is 425 g/mol. The third-order valence-corrected chi connectivity index (χ3v) is 5.30. The van der Waals surface area contributed by atoms with Crippen molar-refractivity contribution >= 4 is 34.8 Å². The molecule has 4 rings (SSSR count). The van der Waals surface area contributed by atoms with Crippen molar-refractivity contribution in [3.63, 3.8) is 0 Å². The van der Waals surface area contributed by atoms with E-state index >= 15 is 0 Å². The number of nitrogens with zero attached hydrogens (tertiary/aromatic N) is 3. The Hall–Kier alpha value is -3.32. The van der Waals surface area contributed by atoms with E-state index in [0.29, 0.717) is 17.1 Å². The van der Waals surface area contributed by atoms with E-state index in [4.69, 9.17) is 11.6 Å². The lowest BCUT2D eigenvalue weighted by Gasteiger charge is -2.24. The van der Waals surface area contributed by atoms with Crippen LogP contribution < -0.4 is 10.2 Å². The molecule has 30 heavy (non-hydrogen) atoms. The fraction of sp³-hybridized carbons (Fsp3) is 0.182. The molecular formula is C22H18ClFN4O2. The normalized spacial score (nSPS) is 15.3. The van der Waals surface area contributed by atoms with Gasteiger partial charge >= 0.3 is 0 Å². The maximum Gasteiger partial charge on any atom is 0.244 e. The van der Waals surface area contributed by atoms with Crippen molar-refractivity contribution in [3.05, 3.63) is 71.0 Å². The van der Waals surface area contributed by atoms with Crippen molar-refractivity contribution in [2.45, 2.75) is 19.8 Å². The van der Waals surface area contributed by atoms with Crippen LogP contribution in [-0.4, -0.2) is 28.3 Å². The standard InChI is InChI=1S/C22H18ClFN4O2/c1-12-8-19-16(10-26-12)15-4-3-7-25-21(15)13(2)22(30)28(19)11-20(29)27-14-5-6-17(23)18(24)9-14/h3-10,13H,11H2,1-2H3,(H,27,29)/t13-/m0/s1. The summed E-state index contributed by atoms with van der Waals surface area (Å²) >= 11 is 5.69. The summed E-state index contributed by atoms with van der Waals surface area (Å²) in [5, 5.41) is 2.58. The minimum Gasteiger partial charge on any atom is -0.324 e. The Balaban J connectivity index is 1.70. The van der Waals surface area contributed by atoms with Gasteiger partial charge in [0.15, 0.2) is 0 Å². The van der Waals surface area contributed by atoms with E-state index in [2.05, 4.69) is 15.3 Å². The molecule has 0 aliphatic carbocycles. The second kappa shape index (κ2) is 7.84. The summed E-state index contributed by atoms with van der Waals surface area (Å²) < 4.78 is 13.7. The molecule has 2 aromatic heterocycles. The molecule has 0 saturated heterocycles. The lowest BCUT2D eigenvalue weighted by Crippen LogP contribution is -2.40. The summed E-state index contributed by atoms with van der Waals surface area (Å²) in [5.41, 5.74) is 3.73. The number of pyridine rings is 2. The van der Waals surface area contributed by atoms with Gasteiger partial charge in [0.25, 0.3) is 0 Å². The van der Waals surface area contributed by atoms with Gasteiger partial charge in [-0.3, -0.25) is 19.6 Å². The number of benzene rings is 1. The highest BCUT2D eigenvalue weighted by molar-refractivity contribution is 6.30. The molecule has 0 radical (unpaired) electrons. The van der Waals surface area contributed by atoms with Crippen molar-refractivity contribution in [1.82, 2.24) is 9.97 Å². The average Bonchev–Trinajstić information content (AvgIpc) is 2.80. The Morgan fingerprint density at radius 2 is 2.03 bits per heavy atom. The van der Waals surface area contributed by atoms with E-state index < -0.39 is 17.6 Å². The van der Waals surface area contributed by atoms with Crippen LogP contribution in [0.15, 0.2) is 48.8 Å². The molecule has 1 atom stereocenters. The largest absolute Gasteiger partial charge is 0.324 e. The van der Waals surface area contributed by atoms with Crippen molar-refractivity contribution in [3.8, 4) is 11.1 Å². The minimum absolute atomic E-state index is 0.0355. The first-order chi connectivity index (χ1) is 14.3. The first kappa shape index (κ1) is 20.0. The van der Waals surface area contributed by atoms with E-state index in [1.165, 1.54) is 17.0 Å². The molecule has 152 valence electrons. The predicted octanol–water partition coefficient (Wildman–Crippen LogP) is 4.33. The number of hydrogen-bond acceptors (Lipinski definition) is 4. The van der Waals surface area contributed by atoms with E-state index in [0.717, 1.165) is 17.2 Å². The lowest BCUT2D eigenvalue weighted by molar-refractivity contribution is -0.122. The zero-order chi connectivity index (χ0) is 21.4. The highest BCUT2D eigenvalue weighted by atomic mass is 35.5. The number of aryl methyl sites for hydroxylation is 1. The summed E-state index contributed by atoms with van der Waals surface area (Å²) in [6, 6.07) is 9.46. The van der Waals surface area contributed by atoms with Gasteiger partial charge < -0.3 is 10.2 Å². The second-order valence-electron chi connectivity index (χ2n) is 7.10. The number of carbonyl (C=O) groups excluding carboxylic acids is 2. The van der Waals surface area contributed by atoms with E-state index in [1.54, 1.807) is 31.5 Å². The van der Waals surface area contributed by atoms with Gasteiger partial charge in [0, 0.05) is 34.9 Å². The number of carbonyl (C=O) groups is 2. The van der Waals surface area contributed by atoms with Gasteiger partial charge in [-0.2, -0.15) is 0 Å². The van der Waals surface area contributed by atoms with Gasteiger partial charge in [0.1, 0.15) is 12.4 Å². The highest BCUT2D eigenvalue weighted by Gasteiger charge is 2.33. The van der Waals surface area contributed by atoms with E-state index in [1.807, 2.05) is 13.0 Å². The smallest absolute Gasteiger partial charge is 0.244 e. The zero-order valence-electron chi connectivity index (χ0n) is 16.3. The maximum absolute atomic E-state index is 13.7. The summed E-state index contributed by atoms with van der Waals surface area (Å²) in [7, 11) is 0. The number of fused-ring (bicyclic) bond motifs is 3. The first-order valence-corrected chi connectivity index (χ1v) is 9.71. The second-order valence-corrected chi connectivity index (χ2v) is 7.51. The molecule has 3 aromatic rings. The molecule has 0 saturated carbocycles. The minimum atomic E-state index is -0.637. The predicted molar refractivity (Wildman–Crippen MR) is 113 cm³/mol. The molecule has 8 heteroatoms. The van der Waals surface area contributed by atoms with Crippen LogP contribution in [0, 0.1) is 12.7 Å². The topological polar surface area (TPSA) is 75.2 Å². The third kappa shape index (κ3) is 3.64. The molecule has 2 amide bonds. The molecule has 0 fully saturated rings. The molecule has 6 nitrogen and oxygen atoms in total. The van der Waals surface area contributed by atoms with E-state index in [9.17, 15) is 14.0 Å². The van der Waals surface area contributed by atoms with Gasteiger partial charge in [0.05, 0.1) is 22.3 Å². The number of anilines is 2. The van der Waals surface area contributed by atoms with Gasteiger partial charge in [-0.25, -0.2) is 4.39 Å². The molecule has 1 aromatic carbocycles. The van der Waals surface area contributed by atoms with Gasteiger partial charge in [0.2, 0.25) is 11.8 Å². The van der Waals surface area contributed by atoms with Crippen LogP contribution in [0.25, 0.3) is 11.1 Å². The van der Waals surface area contributed by atoms with Gasteiger partial charge in [-0.1, -0.05) is 17.7 Å². The van der Waals surface area contributed by atoms with Crippen molar-refractivity contribution in [2.75, 3.05) is 16.8 Å². The first-order valence-electron chi connectivity index (χ1n) is 9.33. The number of hydrogen-bond donors (Lipinski definition) is 1. The fourth-order valence-electron chi connectivity index (χ4n) is 3.52. The van der Waals surface area contributed by atoms with Gasteiger partial charge in [-0.05, 0) is 44.2 Å². The molecule has 0 unspecified atom stereocenters. The molecule has 1 N–H and O–H groups in total. The molecule has 0 spiro atoms. The van der Waals surface area contributed by atoms with E-state index in [-0.39, 0.29) is 23.2 Å². The van der Waals surface area contributed by atoms with Crippen molar-refractivity contribution in [2.24, 2.45) is 0 Å². The summed E-state index contributed by atoms with van der Waals surface area (Å²) in [6.45, 7) is 3.34. The Morgan fingerprint density at radius 1 is 1.23 bits per heavy atom. The monoisotopic (exact) mass is 424 g/mol. The maximum atomic E-state index is 13.7. The number of halogens is 2. The van der Waals surface area contributed by atoms with Crippen molar-refractivity contribution < 1.29 is 14.0 Å². The quantitative estimate of drug-likeness (QED) is 0.678. The van der Waals surface area contributed by atoms with Crippen LogP contribution in [0.3, 0.4) is 0 Å². The Bertz CT molecular complexity index is 1170. The molecule has 1 aliphatic heterocycles. The Kier molecular flexibility index (Phi) is 5.22. The lowest BCUT2D eigenvalue weighted by atomic mass is 9.98. The Labute approximate surface area is 177 Å². The SMILES string of the molecule is Cc1cc2c(cn1)-c1cccnc1[C@H](C)C(=O)N2CC(=O)Nc1ccc(Cl)c(F)c1. The van der Waals surface area contributed by atoms with Crippen LogP contribution in [0.1, 0.15) is 24.2 Å². The molecular weight excluding hydrogens is 407 g/mol. The van der Waals surface area contributed by atoms with Crippen LogP contribution in [0.2, 0.25) is 5.02 Å². The molecule has 3 heterocycles. The summed E-state index contributed by atoms with van der Waals surface area (Å²) in [4.78, 5) is 36.2. The number of nitrogens with one attached hydrogen (secondary N) is 1. The number of amides is 2. The summed E-state index contributed by atoms with van der Waals surface area (Å²) in [5.74, 6) is -1.90. The van der Waals surface area contributed by atoms with Gasteiger partial charge in [-0.15, -0.1) is 0 Å². The molecule has 1 aliphatic rings. The van der Waals surface area contributed by atoms with Crippen molar-refractivity contribution in [1.29, 1.82) is 0 Å². The van der Waals surface area contributed by atoms with Crippen LogP contribution >= 0.6 is 11.6 Å².